The summed E-state index contributed by atoms with van der Waals surface area (Å²) >= 11 is 0. The number of pyridine rings is 1. The largest absolute Gasteiger partial charge is 0.432 e. The van der Waals surface area contributed by atoms with Gasteiger partial charge in [-0.05, 0) is 24.1 Å². The Bertz CT molecular complexity index is 510. The molecule has 0 amide bonds. The van der Waals surface area contributed by atoms with Gasteiger partial charge in [0.2, 0.25) is 0 Å². The Morgan fingerprint density at radius 2 is 2.05 bits per heavy atom. The Kier molecular flexibility index (Phi) is 5.12. The molecule has 108 valence electrons. The number of anilines is 1. The number of nitrogens with one attached hydrogen (secondary N) is 1. The van der Waals surface area contributed by atoms with Crippen LogP contribution in [0.25, 0.3) is 0 Å². The minimum absolute atomic E-state index is 0.444. The highest BCUT2D eigenvalue weighted by Gasteiger charge is 2.09. The van der Waals surface area contributed by atoms with E-state index in [1.165, 1.54) is 5.56 Å². The Balaban J connectivity index is 1.84. The zero-order valence-corrected chi connectivity index (χ0v) is 12.3. The first-order valence-electron chi connectivity index (χ1n) is 6.93. The lowest BCUT2D eigenvalue weighted by Gasteiger charge is -2.14. The molecule has 0 aromatic carbocycles. The van der Waals surface area contributed by atoms with E-state index in [9.17, 15) is 0 Å². The molecule has 5 heteroatoms. The van der Waals surface area contributed by atoms with Crippen LogP contribution < -0.4 is 10.2 Å². The normalized spacial score (nSPS) is 11.0. The van der Waals surface area contributed by atoms with E-state index in [1.807, 2.05) is 36.5 Å². The molecule has 0 aliphatic rings. The predicted molar refractivity (Wildman–Crippen MR) is 79.7 cm³/mol. The Morgan fingerprint density at radius 1 is 1.30 bits per heavy atom. The number of rotatable bonds is 7. The molecule has 2 heterocycles. The molecule has 0 atom stereocenters. The number of oxazole rings is 1. The Labute approximate surface area is 120 Å². The fourth-order valence-electron chi connectivity index (χ4n) is 1.80. The van der Waals surface area contributed by atoms with Crippen molar-refractivity contribution in [2.75, 3.05) is 18.5 Å². The van der Waals surface area contributed by atoms with Gasteiger partial charge in [-0.1, -0.05) is 13.8 Å². The van der Waals surface area contributed by atoms with Gasteiger partial charge in [0.15, 0.2) is 0 Å². The number of likely N-dealkylation sites (N-methyl/N-ethyl adjacent to an activating group) is 1. The van der Waals surface area contributed by atoms with Crippen LogP contribution in [-0.4, -0.2) is 29.6 Å². The SMILES string of the molecule is CC(C)NCc1coc(N(C)CCc2ccncc2)n1. The molecule has 2 aromatic heterocycles. The molecule has 0 unspecified atom stereocenters. The van der Waals surface area contributed by atoms with Crippen molar-refractivity contribution in [2.24, 2.45) is 0 Å². The number of nitrogens with zero attached hydrogens (tertiary/aromatic N) is 3. The molecule has 2 aromatic rings. The summed E-state index contributed by atoms with van der Waals surface area (Å²) in [7, 11) is 1.99. The van der Waals surface area contributed by atoms with Gasteiger partial charge in [-0.25, -0.2) is 0 Å². The number of aromatic nitrogens is 2. The Morgan fingerprint density at radius 3 is 2.75 bits per heavy atom. The highest BCUT2D eigenvalue weighted by Crippen LogP contribution is 2.12. The van der Waals surface area contributed by atoms with Gasteiger partial charge in [-0.2, -0.15) is 4.98 Å². The molecule has 0 aliphatic heterocycles. The molecular weight excluding hydrogens is 252 g/mol. The second kappa shape index (κ2) is 7.05. The molecular formula is C15H22N4O. The zero-order chi connectivity index (χ0) is 14.4. The van der Waals surface area contributed by atoms with Crippen LogP contribution in [0.1, 0.15) is 25.1 Å². The third-order valence-corrected chi connectivity index (χ3v) is 3.04. The van der Waals surface area contributed by atoms with Gasteiger partial charge < -0.3 is 14.6 Å². The van der Waals surface area contributed by atoms with Crippen LogP contribution in [-0.2, 0) is 13.0 Å². The quantitative estimate of drug-likeness (QED) is 0.839. The maximum absolute atomic E-state index is 5.51. The summed E-state index contributed by atoms with van der Waals surface area (Å²) in [5.41, 5.74) is 2.20. The van der Waals surface area contributed by atoms with Crippen LogP contribution >= 0.6 is 0 Å². The van der Waals surface area contributed by atoms with E-state index in [2.05, 4.69) is 29.1 Å². The average Bonchev–Trinajstić information content (AvgIpc) is 2.92. The van der Waals surface area contributed by atoms with E-state index >= 15 is 0 Å². The topological polar surface area (TPSA) is 54.2 Å². The summed E-state index contributed by atoms with van der Waals surface area (Å²) in [6, 6.07) is 5.17. The van der Waals surface area contributed by atoms with Crippen molar-refractivity contribution in [3.63, 3.8) is 0 Å². The van der Waals surface area contributed by atoms with Crippen molar-refractivity contribution in [1.29, 1.82) is 0 Å². The monoisotopic (exact) mass is 274 g/mol. The first-order chi connectivity index (χ1) is 9.65. The summed E-state index contributed by atoms with van der Waals surface area (Å²) in [5, 5.41) is 3.32. The van der Waals surface area contributed by atoms with E-state index in [1.54, 1.807) is 6.26 Å². The van der Waals surface area contributed by atoms with E-state index in [0.29, 0.717) is 12.1 Å². The highest BCUT2D eigenvalue weighted by molar-refractivity contribution is 5.26. The number of hydrogen-bond donors (Lipinski definition) is 1. The molecule has 2 rings (SSSR count). The van der Waals surface area contributed by atoms with Gasteiger partial charge in [0.05, 0.1) is 5.69 Å². The molecule has 0 fully saturated rings. The van der Waals surface area contributed by atoms with Gasteiger partial charge in [0.1, 0.15) is 6.26 Å². The lowest BCUT2D eigenvalue weighted by atomic mass is 10.2. The van der Waals surface area contributed by atoms with Crippen molar-refractivity contribution >= 4 is 6.01 Å². The summed E-state index contributed by atoms with van der Waals surface area (Å²) in [6.07, 6.45) is 6.29. The van der Waals surface area contributed by atoms with Gasteiger partial charge >= 0.3 is 0 Å². The highest BCUT2D eigenvalue weighted by atomic mass is 16.4. The van der Waals surface area contributed by atoms with Gasteiger partial charge in [-0.15, -0.1) is 0 Å². The smallest absolute Gasteiger partial charge is 0.297 e. The first kappa shape index (κ1) is 14.5. The van der Waals surface area contributed by atoms with Gasteiger partial charge in [0.25, 0.3) is 6.01 Å². The van der Waals surface area contributed by atoms with E-state index < -0.39 is 0 Å². The molecule has 0 saturated carbocycles. The molecule has 5 nitrogen and oxygen atoms in total. The second-order valence-corrected chi connectivity index (χ2v) is 5.18. The standard InChI is InChI=1S/C15H22N4O/c1-12(2)17-10-14-11-20-15(18-14)19(3)9-6-13-4-7-16-8-5-13/h4-5,7-8,11-12,17H,6,9-10H2,1-3H3. The van der Waals surface area contributed by atoms with Crippen LogP contribution in [0.5, 0.6) is 0 Å². The van der Waals surface area contributed by atoms with Gasteiger partial charge in [-0.3, -0.25) is 4.98 Å². The summed E-state index contributed by atoms with van der Waals surface area (Å²) in [5.74, 6) is 0. The van der Waals surface area contributed by atoms with Crippen molar-refractivity contribution in [1.82, 2.24) is 15.3 Å². The van der Waals surface area contributed by atoms with Crippen molar-refractivity contribution in [3.8, 4) is 0 Å². The number of hydrogen-bond acceptors (Lipinski definition) is 5. The molecule has 0 spiro atoms. The zero-order valence-electron chi connectivity index (χ0n) is 12.3. The molecule has 0 radical (unpaired) electrons. The lowest BCUT2D eigenvalue weighted by Crippen LogP contribution is -2.23. The van der Waals surface area contributed by atoms with E-state index in [0.717, 1.165) is 25.2 Å². The fraction of sp³-hybridized carbons (Fsp3) is 0.467. The molecule has 1 N–H and O–H groups in total. The maximum atomic E-state index is 5.51. The molecule has 0 saturated heterocycles. The lowest BCUT2D eigenvalue weighted by molar-refractivity contribution is 0.540. The minimum Gasteiger partial charge on any atom is -0.432 e. The van der Waals surface area contributed by atoms with Crippen LogP contribution in [0.3, 0.4) is 0 Å². The minimum atomic E-state index is 0.444. The van der Waals surface area contributed by atoms with Crippen molar-refractivity contribution in [3.05, 3.63) is 42.0 Å². The van der Waals surface area contributed by atoms with Crippen molar-refractivity contribution in [2.45, 2.75) is 32.9 Å². The van der Waals surface area contributed by atoms with Crippen LogP contribution in [0.15, 0.2) is 35.2 Å². The van der Waals surface area contributed by atoms with Crippen LogP contribution in [0.4, 0.5) is 6.01 Å². The molecule has 0 aliphatic carbocycles. The average molecular weight is 274 g/mol. The molecule has 0 bridgehead atoms. The molecule has 20 heavy (non-hydrogen) atoms. The van der Waals surface area contributed by atoms with E-state index in [4.69, 9.17) is 4.42 Å². The van der Waals surface area contributed by atoms with Crippen LogP contribution in [0.2, 0.25) is 0 Å². The summed E-state index contributed by atoms with van der Waals surface area (Å²) in [6.45, 7) is 5.82. The second-order valence-electron chi connectivity index (χ2n) is 5.18. The maximum Gasteiger partial charge on any atom is 0.297 e. The van der Waals surface area contributed by atoms with Crippen molar-refractivity contribution < 1.29 is 4.42 Å². The van der Waals surface area contributed by atoms with E-state index in [-0.39, 0.29) is 0 Å². The summed E-state index contributed by atoms with van der Waals surface area (Å²) in [4.78, 5) is 10.5. The third-order valence-electron chi connectivity index (χ3n) is 3.04. The Hall–Kier alpha value is -1.88. The first-order valence-corrected chi connectivity index (χ1v) is 6.93. The summed E-state index contributed by atoms with van der Waals surface area (Å²) < 4.78 is 5.51. The van der Waals surface area contributed by atoms with Crippen LogP contribution in [0, 0.1) is 0 Å². The predicted octanol–water partition coefficient (Wildman–Crippen LogP) is 2.25. The van der Waals surface area contributed by atoms with Gasteiger partial charge in [0, 0.05) is 38.6 Å². The fourth-order valence-corrected chi connectivity index (χ4v) is 1.80. The third kappa shape index (κ3) is 4.35.